The summed E-state index contributed by atoms with van der Waals surface area (Å²) in [5, 5.41) is 20.7. The van der Waals surface area contributed by atoms with Gasteiger partial charge in [0.05, 0.1) is 19.0 Å². The van der Waals surface area contributed by atoms with Crippen LogP contribution in [0.15, 0.2) is 12.2 Å². The van der Waals surface area contributed by atoms with Crippen LogP contribution in [0.1, 0.15) is 104 Å². The van der Waals surface area contributed by atoms with Gasteiger partial charge in [0.2, 0.25) is 5.91 Å². The number of hydrogen-bond acceptors (Lipinski definition) is 7. The minimum absolute atomic E-state index is 0.0360. The van der Waals surface area contributed by atoms with Crippen molar-refractivity contribution in [3.63, 3.8) is 0 Å². The van der Waals surface area contributed by atoms with Crippen LogP contribution >= 0.6 is 0 Å². The number of unbranched alkanes of at least 4 members (excludes halogenated alkanes) is 11. The van der Waals surface area contributed by atoms with Gasteiger partial charge in [-0.05, 0) is 32.1 Å². The highest BCUT2D eigenvalue weighted by molar-refractivity contribution is 7.92. The van der Waals surface area contributed by atoms with Crippen LogP contribution in [0, 0.1) is 0 Å². The molecule has 0 aliphatic heterocycles. The summed E-state index contributed by atoms with van der Waals surface area (Å²) in [5.74, 6) is -2.07. The molecule has 0 rings (SSSR count). The van der Waals surface area contributed by atoms with Crippen molar-refractivity contribution >= 4 is 21.7 Å². The number of aliphatic hydroxyl groups is 2. The van der Waals surface area contributed by atoms with Gasteiger partial charge in [-0.25, -0.2) is 13.2 Å². The Morgan fingerprint density at radius 2 is 1.51 bits per heavy atom. The first-order valence-corrected chi connectivity index (χ1v) is 14.9. The number of esters is 1. The van der Waals surface area contributed by atoms with Crippen LogP contribution in [0.2, 0.25) is 0 Å². The molecule has 0 radical (unpaired) electrons. The number of sulfone groups is 1. The highest BCUT2D eigenvalue weighted by Crippen LogP contribution is 2.18. The molecule has 3 N–H and O–H groups in total. The maximum absolute atomic E-state index is 13.1. The Morgan fingerprint density at radius 3 is 2.03 bits per heavy atom. The van der Waals surface area contributed by atoms with Crippen molar-refractivity contribution < 1.29 is 33.0 Å². The molecule has 3 atom stereocenters. The van der Waals surface area contributed by atoms with E-state index in [1.54, 1.807) is 6.08 Å². The van der Waals surface area contributed by atoms with Gasteiger partial charge in [0.25, 0.3) is 0 Å². The quantitative estimate of drug-likeness (QED) is 0.113. The summed E-state index contributed by atoms with van der Waals surface area (Å²) in [6.07, 6.45) is 16.1. The molecule has 8 nitrogen and oxygen atoms in total. The summed E-state index contributed by atoms with van der Waals surface area (Å²) in [5.41, 5.74) is 0. The Balaban J connectivity index is 4.89. The van der Waals surface area contributed by atoms with Crippen LogP contribution in [0.5, 0.6) is 0 Å². The zero-order chi connectivity index (χ0) is 26.5. The lowest BCUT2D eigenvalue weighted by molar-refractivity contribution is -0.144. The summed E-state index contributed by atoms with van der Waals surface area (Å²) >= 11 is 0. The fourth-order valence-electron chi connectivity index (χ4n) is 4.00. The zero-order valence-corrected chi connectivity index (χ0v) is 22.9. The van der Waals surface area contributed by atoms with Gasteiger partial charge in [-0.1, -0.05) is 76.9 Å². The average Bonchev–Trinajstić information content (AvgIpc) is 2.80. The summed E-state index contributed by atoms with van der Waals surface area (Å²) < 4.78 is 30.9. The highest BCUT2D eigenvalue weighted by Gasteiger charge is 2.35. The molecule has 0 aromatic heterocycles. The minimum Gasteiger partial charge on any atom is -0.467 e. The third-order valence-electron chi connectivity index (χ3n) is 6.01. The monoisotopic (exact) mass is 519 g/mol. The summed E-state index contributed by atoms with van der Waals surface area (Å²) in [4.78, 5) is 23.4. The number of allylic oxidation sites excluding steroid dienone is 1. The number of carbonyl (C=O) groups excluding carboxylic acids is 2. The van der Waals surface area contributed by atoms with E-state index in [1.807, 2.05) is 0 Å². The lowest BCUT2D eigenvalue weighted by Crippen LogP contribution is -2.48. The van der Waals surface area contributed by atoms with Gasteiger partial charge in [0.1, 0.15) is 11.3 Å². The summed E-state index contributed by atoms with van der Waals surface area (Å²) in [6, 6.07) is -1.34. The molecule has 0 bridgehead atoms. The van der Waals surface area contributed by atoms with E-state index < -0.39 is 44.9 Å². The number of hydrogen-bond donors (Lipinski definition) is 3. The molecule has 0 saturated carbocycles. The number of amides is 1. The lowest BCUT2D eigenvalue weighted by Gasteiger charge is -2.23. The first-order valence-electron chi connectivity index (χ1n) is 13.2. The van der Waals surface area contributed by atoms with Gasteiger partial charge >= 0.3 is 5.97 Å². The number of ether oxygens (including phenoxy) is 1. The van der Waals surface area contributed by atoms with Gasteiger partial charge < -0.3 is 20.3 Å². The molecule has 206 valence electrons. The highest BCUT2D eigenvalue weighted by atomic mass is 32.2. The second-order valence-electron chi connectivity index (χ2n) is 9.26. The summed E-state index contributed by atoms with van der Waals surface area (Å²) in [7, 11) is -2.87. The molecular formula is C26H49NO7S. The van der Waals surface area contributed by atoms with E-state index in [4.69, 9.17) is 5.11 Å². The van der Waals surface area contributed by atoms with Crippen molar-refractivity contribution in [2.24, 2.45) is 0 Å². The predicted molar refractivity (Wildman–Crippen MR) is 140 cm³/mol. The molecule has 9 heteroatoms. The molecule has 0 saturated heterocycles. The Kier molecular flexibility index (Phi) is 19.9. The molecule has 0 heterocycles. The second-order valence-corrected chi connectivity index (χ2v) is 11.5. The van der Waals surface area contributed by atoms with E-state index in [-0.39, 0.29) is 13.0 Å². The maximum atomic E-state index is 13.1. The van der Waals surface area contributed by atoms with E-state index in [2.05, 4.69) is 17.0 Å². The fraction of sp³-hybridized carbons (Fsp3) is 0.846. The third-order valence-corrected chi connectivity index (χ3v) is 8.11. The molecule has 0 aromatic carbocycles. The van der Waals surface area contributed by atoms with Gasteiger partial charge in [-0.15, -0.1) is 0 Å². The molecule has 0 aromatic rings. The molecule has 0 spiro atoms. The molecule has 0 aliphatic rings. The molecule has 0 unspecified atom stereocenters. The van der Waals surface area contributed by atoms with Crippen LogP contribution in [-0.4, -0.2) is 67.4 Å². The van der Waals surface area contributed by atoms with Gasteiger partial charge in [-0.2, -0.15) is 0 Å². The van der Waals surface area contributed by atoms with Gasteiger partial charge in [0, 0.05) is 13.5 Å². The van der Waals surface area contributed by atoms with Crippen LogP contribution in [0.25, 0.3) is 0 Å². The van der Waals surface area contributed by atoms with E-state index in [9.17, 15) is 23.1 Å². The van der Waals surface area contributed by atoms with Gasteiger partial charge in [0.15, 0.2) is 9.84 Å². The molecule has 0 aliphatic carbocycles. The van der Waals surface area contributed by atoms with Crippen molar-refractivity contribution in [3.8, 4) is 0 Å². The smallest absolute Gasteiger partial charge is 0.329 e. The van der Waals surface area contributed by atoms with Crippen LogP contribution in [-0.2, 0) is 24.2 Å². The first kappa shape index (κ1) is 33.5. The largest absolute Gasteiger partial charge is 0.467 e. The zero-order valence-electron chi connectivity index (χ0n) is 22.0. The normalized spacial score (nSPS) is 14.5. The van der Waals surface area contributed by atoms with Crippen LogP contribution in [0.4, 0.5) is 0 Å². The lowest BCUT2D eigenvalue weighted by atomic mass is 10.1. The molecular weight excluding hydrogens is 470 g/mol. The predicted octanol–water partition coefficient (Wildman–Crippen LogP) is 3.84. The Bertz CT molecular complexity index is 694. The van der Waals surface area contributed by atoms with E-state index in [1.165, 1.54) is 57.9 Å². The minimum atomic E-state index is -3.99. The molecule has 1 amide bonds. The molecule has 35 heavy (non-hydrogen) atoms. The van der Waals surface area contributed by atoms with Crippen molar-refractivity contribution in [1.29, 1.82) is 0 Å². The second kappa shape index (κ2) is 20.7. The maximum Gasteiger partial charge on any atom is 0.329 e. The first-order chi connectivity index (χ1) is 16.7. The number of rotatable bonds is 22. The van der Waals surface area contributed by atoms with Crippen LogP contribution < -0.4 is 5.32 Å². The average molecular weight is 520 g/mol. The Morgan fingerprint density at radius 1 is 0.943 bits per heavy atom. The van der Waals surface area contributed by atoms with Crippen molar-refractivity contribution in [2.45, 2.75) is 121 Å². The number of carbonyl (C=O) groups is 2. The standard InChI is InChI=1S/C26H49NO7S/c1-4-5-6-7-8-9-10-11-12-13-14-15-19-25(24(30)18-16-17-20-28)35(32,33)21-23(26(31)34-3)27-22(2)29/h15,19,23-25,28,30H,4-14,16-18,20-21H2,1-3H3,(H,27,29)/b19-15-/t23-,24+,25-/m1/s1. The third kappa shape index (κ3) is 16.8. The SMILES string of the molecule is CCCCCCCCCCCC/C=C\[C@H]([C@@H](O)CCCCO)S(=O)(=O)C[C@@H](NC(C)=O)C(=O)OC. The molecule has 0 fully saturated rings. The Hall–Kier alpha value is -1.45. The summed E-state index contributed by atoms with van der Waals surface area (Å²) in [6.45, 7) is 3.37. The van der Waals surface area contributed by atoms with Crippen molar-refractivity contribution in [3.05, 3.63) is 12.2 Å². The van der Waals surface area contributed by atoms with Crippen molar-refractivity contribution in [2.75, 3.05) is 19.5 Å². The van der Waals surface area contributed by atoms with Crippen molar-refractivity contribution in [1.82, 2.24) is 5.32 Å². The number of aliphatic hydroxyl groups excluding tert-OH is 2. The van der Waals surface area contributed by atoms with E-state index in [0.29, 0.717) is 19.3 Å². The van der Waals surface area contributed by atoms with E-state index in [0.717, 1.165) is 26.4 Å². The number of nitrogens with one attached hydrogen (secondary N) is 1. The van der Waals surface area contributed by atoms with Gasteiger partial charge in [-0.3, -0.25) is 4.79 Å². The van der Waals surface area contributed by atoms with E-state index >= 15 is 0 Å². The topological polar surface area (TPSA) is 130 Å². The number of methoxy groups -OCH3 is 1. The van der Waals surface area contributed by atoms with Crippen LogP contribution in [0.3, 0.4) is 0 Å². The Labute approximate surface area is 212 Å². The fourth-order valence-corrected chi connectivity index (χ4v) is 5.87.